The molecule has 15 nitrogen and oxygen atoms in total. The summed E-state index contributed by atoms with van der Waals surface area (Å²) in [6, 6.07) is -2.97. The smallest absolute Gasteiger partial charge is 0.324 e. The zero-order valence-corrected chi connectivity index (χ0v) is 36.1. The van der Waals surface area contributed by atoms with Gasteiger partial charge in [0.15, 0.2) is 0 Å². The molecule has 0 aromatic heterocycles. The number of esters is 4. The molecule has 1 fully saturated rings. The van der Waals surface area contributed by atoms with Gasteiger partial charge in [-0.15, -0.1) is 0 Å². The van der Waals surface area contributed by atoms with E-state index in [2.05, 4.69) is 5.32 Å². The molecule has 314 valence electrons. The number of amides is 1. The quantitative estimate of drug-likeness (QED) is 0.219. The van der Waals surface area contributed by atoms with E-state index < -0.39 is 64.5 Å². The molecule has 0 aliphatic carbocycles. The summed E-state index contributed by atoms with van der Waals surface area (Å²) in [5, 5.41) is 2.77. The topological polar surface area (TPSA) is 173 Å². The molecule has 0 bridgehead atoms. The van der Waals surface area contributed by atoms with Gasteiger partial charge in [0, 0.05) is 65.4 Å². The van der Waals surface area contributed by atoms with Gasteiger partial charge >= 0.3 is 23.9 Å². The second-order valence-electron chi connectivity index (χ2n) is 18.2. The van der Waals surface area contributed by atoms with Crippen LogP contribution in [0.5, 0.6) is 0 Å². The maximum Gasteiger partial charge on any atom is 0.324 e. The monoisotopic (exact) mass is 771 g/mol. The first-order chi connectivity index (χ1) is 24.5. The highest BCUT2D eigenvalue weighted by molar-refractivity contribution is 5.85. The van der Waals surface area contributed by atoms with Crippen LogP contribution in [0, 0.1) is 0 Å². The first-order valence-electron chi connectivity index (χ1n) is 19.4. The molecule has 0 radical (unpaired) electrons. The molecule has 3 N–H and O–H groups in total. The number of hydrogen-bond acceptors (Lipinski definition) is 14. The van der Waals surface area contributed by atoms with Crippen LogP contribution in [0.25, 0.3) is 0 Å². The van der Waals surface area contributed by atoms with Gasteiger partial charge in [-0.3, -0.25) is 43.6 Å². The second kappa shape index (κ2) is 20.9. The Kier molecular flexibility index (Phi) is 19.0. The summed E-state index contributed by atoms with van der Waals surface area (Å²) in [4.78, 5) is 75.2. The minimum Gasteiger partial charge on any atom is -0.459 e. The number of nitrogens with one attached hydrogen (secondary N) is 1. The first kappa shape index (κ1) is 49.2. The zero-order chi connectivity index (χ0) is 41.8. The van der Waals surface area contributed by atoms with Gasteiger partial charge in [0.2, 0.25) is 5.91 Å². The Bertz CT molecular complexity index is 1180. The number of rotatable bonds is 12. The van der Waals surface area contributed by atoms with Gasteiger partial charge in [-0.25, -0.2) is 0 Å². The van der Waals surface area contributed by atoms with Crippen LogP contribution < -0.4 is 11.1 Å². The van der Waals surface area contributed by atoms with Gasteiger partial charge in [-0.1, -0.05) is 0 Å². The van der Waals surface area contributed by atoms with Gasteiger partial charge < -0.3 is 30.0 Å². The number of carbonyl (C=O) groups excluding carboxylic acids is 5. The van der Waals surface area contributed by atoms with Crippen LogP contribution >= 0.6 is 0 Å². The Hall–Kier alpha value is -2.85. The number of ether oxygens (including phenoxy) is 4. The lowest BCUT2D eigenvalue weighted by Gasteiger charge is -2.40. The van der Waals surface area contributed by atoms with E-state index in [9.17, 15) is 24.0 Å². The minimum atomic E-state index is -0.981. The van der Waals surface area contributed by atoms with Crippen molar-refractivity contribution in [3.05, 3.63) is 0 Å². The molecular weight excluding hydrogens is 696 g/mol. The average molecular weight is 771 g/mol. The summed E-state index contributed by atoms with van der Waals surface area (Å²) < 4.78 is 23.2. The van der Waals surface area contributed by atoms with Crippen LogP contribution in [0.3, 0.4) is 0 Å². The molecule has 0 aromatic rings. The fraction of sp³-hybridized carbons (Fsp3) is 0.872. The lowest BCUT2D eigenvalue weighted by atomic mass is 10.1. The average Bonchev–Trinajstić information content (AvgIpc) is 2.98. The molecule has 54 heavy (non-hydrogen) atoms. The Balaban J connectivity index is 3.78. The Morgan fingerprint density at radius 3 is 1.02 bits per heavy atom. The lowest BCUT2D eigenvalue weighted by Crippen LogP contribution is -2.57. The van der Waals surface area contributed by atoms with Crippen LogP contribution in [0.2, 0.25) is 0 Å². The summed E-state index contributed by atoms with van der Waals surface area (Å²) in [7, 11) is 0. The molecule has 1 heterocycles. The molecule has 1 aliphatic heterocycles. The molecule has 1 saturated heterocycles. The summed E-state index contributed by atoms with van der Waals surface area (Å²) >= 11 is 0. The van der Waals surface area contributed by atoms with Crippen LogP contribution in [-0.4, -0.2) is 161 Å². The van der Waals surface area contributed by atoms with E-state index in [4.69, 9.17) is 24.7 Å². The standard InChI is InChI=1S/C39H74N6O9/c1-27(32(47)51-36(4,5)6)42-18-20-43(28(2)33(48)52-37(7,8)9)22-24-45(25-23-44(21-19-42)29(3)34(49)53-38(10,11)12)30(26-31(46)41-17-16-40)35(50)54-39(13,14)15/h27-30H,16-26,40H2,1-15H3,(H,41,46)/t27?,28-,29?,30?/m0/s1. The summed E-state index contributed by atoms with van der Waals surface area (Å²) in [5.74, 6) is -2.11. The zero-order valence-electron chi connectivity index (χ0n) is 36.1. The van der Waals surface area contributed by atoms with Gasteiger partial charge in [0.05, 0.1) is 6.42 Å². The van der Waals surface area contributed by atoms with Gasteiger partial charge in [-0.05, 0) is 104 Å². The van der Waals surface area contributed by atoms with E-state index in [0.29, 0.717) is 39.3 Å². The normalized spacial score (nSPS) is 19.3. The summed E-state index contributed by atoms with van der Waals surface area (Å²) in [6.07, 6.45) is -0.181. The lowest BCUT2D eigenvalue weighted by molar-refractivity contribution is -0.166. The highest BCUT2D eigenvalue weighted by Crippen LogP contribution is 2.19. The fourth-order valence-corrected chi connectivity index (χ4v) is 5.75. The van der Waals surface area contributed by atoms with Crippen molar-refractivity contribution < 1.29 is 42.9 Å². The van der Waals surface area contributed by atoms with Gasteiger partial charge in [0.1, 0.15) is 46.6 Å². The van der Waals surface area contributed by atoms with Crippen molar-refractivity contribution in [2.24, 2.45) is 5.73 Å². The fourth-order valence-electron chi connectivity index (χ4n) is 5.75. The highest BCUT2D eigenvalue weighted by Gasteiger charge is 2.37. The maximum absolute atomic E-state index is 13.9. The Morgan fingerprint density at radius 1 is 0.500 bits per heavy atom. The molecule has 0 aromatic carbocycles. The third-order valence-corrected chi connectivity index (χ3v) is 8.55. The van der Waals surface area contributed by atoms with E-state index in [1.165, 1.54) is 0 Å². The molecule has 1 rings (SSSR count). The predicted octanol–water partition coefficient (Wildman–Crippen LogP) is 2.57. The molecule has 0 saturated carbocycles. The van der Waals surface area contributed by atoms with E-state index in [-0.39, 0.29) is 44.5 Å². The third kappa shape index (κ3) is 19.1. The number of nitrogens with zero attached hydrogens (tertiary/aromatic N) is 4. The molecule has 4 atom stereocenters. The van der Waals surface area contributed by atoms with Crippen molar-refractivity contribution in [2.45, 2.75) is 157 Å². The predicted molar refractivity (Wildman–Crippen MR) is 209 cm³/mol. The van der Waals surface area contributed by atoms with Crippen molar-refractivity contribution >= 4 is 29.8 Å². The van der Waals surface area contributed by atoms with Crippen molar-refractivity contribution in [2.75, 3.05) is 65.4 Å². The van der Waals surface area contributed by atoms with Crippen molar-refractivity contribution in [3.8, 4) is 0 Å². The molecule has 1 amide bonds. The van der Waals surface area contributed by atoms with Gasteiger partial charge in [0.25, 0.3) is 0 Å². The maximum atomic E-state index is 13.9. The Morgan fingerprint density at radius 2 is 0.759 bits per heavy atom. The largest absolute Gasteiger partial charge is 0.459 e. The third-order valence-electron chi connectivity index (χ3n) is 8.55. The van der Waals surface area contributed by atoms with Crippen LogP contribution in [0.1, 0.15) is 110 Å². The van der Waals surface area contributed by atoms with Crippen LogP contribution in [0.4, 0.5) is 0 Å². The summed E-state index contributed by atoms with van der Waals surface area (Å²) in [6.45, 7) is 30.1. The SMILES string of the molecule is CC(C(=O)OC(C)(C)C)N1CCN(C(C)C(=O)OC(C)(C)C)CCN([C@@H](C)C(=O)OC(C)(C)C)CCN(C(CC(=O)NCCN)C(=O)OC(C)(C)C)CC1. The second-order valence-corrected chi connectivity index (χ2v) is 18.2. The van der Waals surface area contributed by atoms with E-state index >= 15 is 0 Å². The molecule has 15 heteroatoms. The highest BCUT2D eigenvalue weighted by atomic mass is 16.6. The van der Waals surface area contributed by atoms with Crippen molar-refractivity contribution in [1.29, 1.82) is 0 Å². The Labute approximate surface area is 325 Å². The van der Waals surface area contributed by atoms with Crippen molar-refractivity contribution in [1.82, 2.24) is 24.9 Å². The van der Waals surface area contributed by atoms with Crippen LogP contribution in [-0.2, 0) is 42.9 Å². The van der Waals surface area contributed by atoms with E-state index in [1.807, 2.05) is 81.9 Å². The number of nitrogens with two attached hydrogens (primary N) is 1. The molecular formula is C39H74N6O9. The van der Waals surface area contributed by atoms with E-state index in [0.717, 1.165) is 0 Å². The van der Waals surface area contributed by atoms with Gasteiger partial charge in [-0.2, -0.15) is 0 Å². The molecule has 0 spiro atoms. The number of carbonyl (C=O) groups is 5. The molecule has 1 aliphatic rings. The molecule has 3 unspecified atom stereocenters. The minimum absolute atomic E-state index is 0.181. The van der Waals surface area contributed by atoms with Crippen LogP contribution in [0.15, 0.2) is 0 Å². The summed E-state index contributed by atoms with van der Waals surface area (Å²) in [5.41, 5.74) is 2.70. The van der Waals surface area contributed by atoms with E-state index in [1.54, 1.807) is 41.5 Å². The number of hydrogen-bond donors (Lipinski definition) is 2. The first-order valence-corrected chi connectivity index (χ1v) is 19.4. The van der Waals surface area contributed by atoms with Crippen molar-refractivity contribution in [3.63, 3.8) is 0 Å².